The van der Waals surface area contributed by atoms with E-state index < -0.39 is 5.41 Å². The molecule has 0 bridgehead atoms. The zero-order chi connectivity index (χ0) is 41.3. The summed E-state index contributed by atoms with van der Waals surface area (Å²) in [5.41, 5.74) is 17.7. The standard InChI is InChI=1S/C58H38ClNO2/c1-57(2)43-23-10-8-22-40(43)53-46(57)26-14-29-49(53)60(36-33-41(35-17-4-3-5-18-35)55-42(34-36)39-21-9-13-31-51(39)61-55)50-30-15-27-47-56(50)62-52-32-16-28-48(59)54(52)58(47)44-24-11-6-19-37(44)38-20-7-12-25-45(38)58/h3-34H,1-2H3. The SMILES string of the molecule is CC1(C)c2ccccc2-c2c(N(c3cc(-c4ccccc4)c4oc5ccccc5c4c3)c3cccc4c3Oc3cccc(Cl)c3C43c4ccccc4-c4ccccc43)cccc21. The van der Waals surface area contributed by atoms with Crippen molar-refractivity contribution in [2.75, 3.05) is 4.90 Å². The third-order valence-corrected chi connectivity index (χ3v) is 14.1. The number of rotatable bonds is 4. The largest absolute Gasteiger partial charge is 0.455 e. The van der Waals surface area contributed by atoms with Crippen LogP contribution < -0.4 is 9.64 Å². The van der Waals surface area contributed by atoms with Gasteiger partial charge in [0.15, 0.2) is 5.75 Å². The molecule has 0 saturated carbocycles. The summed E-state index contributed by atoms with van der Waals surface area (Å²) < 4.78 is 14.1. The van der Waals surface area contributed by atoms with E-state index in [1.165, 1.54) is 44.5 Å². The topological polar surface area (TPSA) is 25.6 Å². The lowest BCUT2D eigenvalue weighted by atomic mass is 9.66. The highest BCUT2D eigenvalue weighted by Crippen LogP contribution is 2.66. The van der Waals surface area contributed by atoms with Crippen LogP contribution in [-0.2, 0) is 10.8 Å². The number of nitrogens with zero attached hydrogens (tertiary/aromatic N) is 1. The summed E-state index contributed by atoms with van der Waals surface area (Å²) in [5.74, 6) is 1.53. The van der Waals surface area contributed by atoms with Crippen molar-refractivity contribution in [1.29, 1.82) is 0 Å². The summed E-state index contributed by atoms with van der Waals surface area (Å²) in [6.07, 6.45) is 0. The van der Waals surface area contributed by atoms with Crippen LogP contribution in [0.5, 0.6) is 11.5 Å². The summed E-state index contributed by atoms with van der Waals surface area (Å²) in [6.45, 7) is 4.69. The Kier molecular flexibility index (Phi) is 7.34. The summed E-state index contributed by atoms with van der Waals surface area (Å²) in [5, 5.41) is 2.79. The fourth-order valence-electron chi connectivity index (χ4n) is 11.2. The highest BCUT2D eigenvalue weighted by molar-refractivity contribution is 6.32. The molecule has 2 heterocycles. The lowest BCUT2D eigenvalue weighted by molar-refractivity contribution is 0.437. The van der Waals surface area contributed by atoms with E-state index in [2.05, 4.69) is 195 Å². The van der Waals surface area contributed by atoms with Crippen molar-refractivity contribution in [1.82, 2.24) is 0 Å². The van der Waals surface area contributed by atoms with Gasteiger partial charge in [-0.3, -0.25) is 0 Å². The Morgan fingerprint density at radius 2 is 1.10 bits per heavy atom. The van der Waals surface area contributed by atoms with Gasteiger partial charge in [-0.05, 0) is 87.0 Å². The summed E-state index contributed by atoms with van der Waals surface area (Å²) >= 11 is 7.41. The molecule has 1 aliphatic heterocycles. The molecule has 4 heteroatoms. The summed E-state index contributed by atoms with van der Waals surface area (Å²) in [4.78, 5) is 2.44. The average molecular weight is 816 g/mol. The molecule has 1 spiro atoms. The first kappa shape index (κ1) is 35.4. The second-order valence-electron chi connectivity index (χ2n) is 17.2. The number of furan rings is 1. The lowest BCUT2D eigenvalue weighted by Crippen LogP contribution is -2.33. The highest BCUT2D eigenvalue weighted by Gasteiger charge is 2.53. The van der Waals surface area contributed by atoms with E-state index in [0.717, 1.165) is 72.8 Å². The van der Waals surface area contributed by atoms with Crippen molar-refractivity contribution in [2.45, 2.75) is 24.7 Å². The number of hydrogen-bond acceptors (Lipinski definition) is 3. The minimum Gasteiger partial charge on any atom is -0.455 e. The molecular weight excluding hydrogens is 778 g/mol. The van der Waals surface area contributed by atoms with E-state index >= 15 is 0 Å². The Balaban J connectivity index is 1.18. The number of fused-ring (bicyclic) bond motifs is 15. The van der Waals surface area contributed by atoms with Crippen LogP contribution in [0.1, 0.15) is 47.2 Å². The maximum absolute atomic E-state index is 7.41. The molecule has 0 fully saturated rings. The van der Waals surface area contributed by atoms with Gasteiger partial charge in [0.05, 0.1) is 16.8 Å². The zero-order valence-corrected chi connectivity index (χ0v) is 34.9. The molecule has 0 saturated heterocycles. The summed E-state index contributed by atoms with van der Waals surface area (Å²) in [6, 6.07) is 69.6. The van der Waals surface area contributed by atoms with E-state index in [0.29, 0.717) is 5.02 Å². The molecule has 9 aromatic carbocycles. The molecule has 0 N–H and O–H groups in total. The Morgan fingerprint density at radius 3 is 1.87 bits per heavy atom. The van der Waals surface area contributed by atoms with Gasteiger partial charge >= 0.3 is 0 Å². The predicted molar refractivity (Wildman–Crippen MR) is 254 cm³/mol. The average Bonchev–Trinajstić information content (AvgIpc) is 3.91. The predicted octanol–water partition coefficient (Wildman–Crippen LogP) is 16.2. The molecule has 0 atom stereocenters. The Morgan fingerprint density at radius 1 is 0.484 bits per heavy atom. The van der Waals surface area contributed by atoms with Crippen LogP contribution in [0.3, 0.4) is 0 Å². The molecule has 13 rings (SSSR count). The van der Waals surface area contributed by atoms with E-state index in [4.69, 9.17) is 20.8 Å². The quantitative estimate of drug-likeness (QED) is 0.177. The van der Waals surface area contributed by atoms with Gasteiger partial charge in [0.2, 0.25) is 0 Å². The van der Waals surface area contributed by atoms with Crippen molar-refractivity contribution in [3.8, 4) is 44.9 Å². The number of para-hydroxylation sites is 2. The van der Waals surface area contributed by atoms with Gasteiger partial charge in [-0.2, -0.15) is 0 Å². The molecule has 62 heavy (non-hydrogen) atoms. The molecule has 10 aromatic rings. The first-order chi connectivity index (χ1) is 30.4. The van der Waals surface area contributed by atoms with Crippen molar-refractivity contribution < 1.29 is 9.15 Å². The fraction of sp³-hybridized carbons (Fsp3) is 0.0690. The third kappa shape index (κ3) is 4.61. The zero-order valence-electron chi connectivity index (χ0n) is 34.1. The van der Waals surface area contributed by atoms with E-state index in [1.54, 1.807) is 0 Å². The van der Waals surface area contributed by atoms with Crippen LogP contribution >= 0.6 is 11.6 Å². The summed E-state index contributed by atoms with van der Waals surface area (Å²) in [7, 11) is 0. The minimum absolute atomic E-state index is 0.211. The van der Waals surface area contributed by atoms with Gasteiger partial charge in [-0.1, -0.05) is 177 Å². The van der Waals surface area contributed by atoms with Crippen molar-refractivity contribution in [3.63, 3.8) is 0 Å². The molecule has 1 aromatic heterocycles. The maximum Gasteiger partial charge on any atom is 0.156 e. The van der Waals surface area contributed by atoms with Gasteiger partial charge < -0.3 is 14.1 Å². The Bertz CT molecular complexity index is 3460. The fourth-order valence-corrected chi connectivity index (χ4v) is 11.5. The Hall–Kier alpha value is -7.33. The highest BCUT2D eigenvalue weighted by atomic mass is 35.5. The van der Waals surface area contributed by atoms with Crippen LogP contribution in [0, 0.1) is 0 Å². The molecule has 0 radical (unpaired) electrons. The number of hydrogen-bond donors (Lipinski definition) is 0. The van der Waals surface area contributed by atoms with Gasteiger partial charge in [0.25, 0.3) is 0 Å². The number of ether oxygens (including phenoxy) is 1. The molecule has 0 amide bonds. The Labute approximate surface area is 365 Å². The molecule has 294 valence electrons. The second-order valence-corrected chi connectivity index (χ2v) is 17.7. The normalized spacial score (nSPS) is 14.4. The van der Waals surface area contributed by atoms with Gasteiger partial charge in [0, 0.05) is 49.2 Å². The van der Waals surface area contributed by atoms with E-state index in [1.807, 2.05) is 18.2 Å². The van der Waals surface area contributed by atoms with Crippen molar-refractivity contribution in [2.24, 2.45) is 0 Å². The molecular formula is C58H38ClNO2. The van der Waals surface area contributed by atoms with Gasteiger partial charge in [0.1, 0.15) is 16.9 Å². The molecule has 2 aliphatic carbocycles. The smallest absolute Gasteiger partial charge is 0.156 e. The first-order valence-electron chi connectivity index (χ1n) is 21.3. The van der Waals surface area contributed by atoms with Gasteiger partial charge in [-0.15, -0.1) is 0 Å². The molecule has 3 nitrogen and oxygen atoms in total. The monoisotopic (exact) mass is 815 g/mol. The second kappa shape index (κ2) is 12.8. The number of benzene rings is 9. The number of anilines is 3. The maximum atomic E-state index is 7.41. The lowest BCUT2D eigenvalue weighted by Gasteiger charge is -2.41. The van der Waals surface area contributed by atoms with Crippen molar-refractivity contribution in [3.05, 3.63) is 233 Å². The van der Waals surface area contributed by atoms with Gasteiger partial charge in [-0.25, -0.2) is 0 Å². The van der Waals surface area contributed by atoms with E-state index in [-0.39, 0.29) is 5.41 Å². The third-order valence-electron chi connectivity index (χ3n) is 13.8. The molecule has 3 aliphatic rings. The first-order valence-corrected chi connectivity index (χ1v) is 21.7. The minimum atomic E-state index is -0.747. The van der Waals surface area contributed by atoms with Crippen molar-refractivity contribution >= 4 is 50.6 Å². The van der Waals surface area contributed by atoms with Crippen LogP contribution in [0.15, 0.2) is 199 Å². The van der Waals surface area contributed by atoms with Crippen LogP contribution in [0.4, 0.5) is 17.1 Å². The van der Waals surface area contributed by atoms with Crippen LogP contribution in [-0.4, -0.2) is 0 Å². The van der Waals surface area contributed by atoms with E-state index in [9.17, 15) is 0 Å². The molecule has 0 unspecified atom stereocenters. The number of halogens is 1. The van der Waals surface area contributed by atoms with Crippen LogP contribution in [0.25, 0.3) is 55.3 Å². The van der Waals surface area contributed by atoms with Crippen LogP contribution in [0.2, 0.25) is 5.02 Å².